The molecule has 13 heavy (non-hydrogen) atoms. The van der Waals surface area contributed by atoms with E-state index in [0.717, 1.165) is 0 Å². The summed E-state index contributed by atoms with van der Waals surface area (Å²) in [6.45, 7) is 4.82. The third kappa shape index (κ3) is 5.85. The topological polar surface area (TPSA) is 12.0 Å². The zero-order valence-corrected chi connectivity index (χ0v) is 8.00. The van der Waals surface area contributed by atoms with Gasteiger partial charge in [0.15, 0.2) is 0 Å². The van der Waals surface area contributed by atoms with E-state index in [4.69, 9.17) is 0 Å². The van der Waals surface area contributed by atoms with Crippen molar-refractivity contribution in [2.45, 2.75) is 33.1 Å². The highest BCUT2D eigenvalue weighted by Gasteiger charge is 2.40. The molecule has 0 aromatic carbocycles. The van der Waals surface area contributed by atoms with Gasteiger partial charge in [0, 0.05) is 6.54 Å². The molecule has 1 N–H and O–H groups in total. The lowest BCUT2D eigenvalue weighted by Gasteiger charge is -2.21. The van der Waals surface area contributed by atoms with Crippen LogP contribution >= 0.6 is 0 Å². The molecule has 0 aromatic rings. The smallest absolute Gasteiger partial charge is 0.310 e. The number of hydrogen-bond donors (Lipinski definition) is 1. The van der Waals surface area contributed by atoms with E-state index in [9.17, 15) is 17.6 Å². The lowest BCUT2D eigenvalue weighted by atomic mass is 9.97. The summed E-state index contributed by atoms with van der Waals surface area (Å²) in [5.74, 6) is -3.93. The fourth-order valence-corrected chi connectivity index (χ4v) is 0.681. The summed E-state index contributed by atoms with van der Waals surface area (Å²) in [5, 5.41) is 2.32. The van der Waals surface area contributed by atoms with Gasteiger partial charge < -0.3 is 5.32 Å². The first-order valence-electron chi connectivity index (χ1n) is 4.02. The van der Waals surface area contributed by atoms with E-state index in [1.54, 1.807) is 0 Å². The molecule has 0 fully saturated rings. The Morgan fingerprint density at radius 1 is 1.08 bits per heavy atom. The second-order valence-corrected chi connectivity index (χ2v) is 4.23. The van der Waals surface area contributed by atoms with Crippen LogP contribution in [0.5, 0.6) is 0 Å². The fourth-order valence-electron chi connectivity index (χ4n) is 0.681. The highest BCUT2D eigenvalue weighted by atomic mass is 19.3. The number of nitrogens with one attached hydrogen (secondary N) is 1. The zero-order chi connectivity index (χ0) is 10.7. The van der Waals surface area contributed by atoms with Crippen molar-refractivity contribution in [2.24, 2.45) is 5.41 Å². The van der Waals surface area contributed by atoms with Gasteiger partial charge in [0.1, 0.15) is 0 Å². The van der Waals surface area contributed by atoms with Crippen LogP contribution in [0.3, 0.4) is 0 Å². The fraction of sp³-hybridized carbons (Fsp3) is 1.00. The Bertz CT molecular complexity index is 151. The lowest BCUT2D eigenvalue weighted by Crippen LogP contribution is -2.41. The van der Waals surface area contributed by atoms with Crippen LogP contribution in [-0.2, 0) is 0 Å². The van der Waals surface area contributed by atoms with E-state index in [2.05, 4.69) is 5.32 Å². The number of hydrogen-bond acceptors (Lipinski definition) is 1. The minimum Gasteiger partial charge on any atom is -0.310 e. The maximum absolute atomic E-state index is 12.3. The van der Waals surface area contributed by atoms with Crippen molar-refractivity contribution in [3.05, 3.63) is 0 Å². The Labute approximate surface area is 75.5 Å². The second-order valence-electron chi connectivity index (χ2n) is 4.23. The van der Waals surface area contributed by atoms with Gasteiger partial charge in [-0.25, -0.2) is 8.78 Å². The molecule has 0 radical (unpaired) electrons. The summed E-state index contributed by atoms with van der Waals surface area (Å²) in [6.07, 6.45) is -3.60. The van der Waals surface area contributed by atoms with Gasteiger partial charge in [-0.3, -0.25) is 0 Å². The minimum absolute atomic E-state index is 0.182. The van der Waals surface area contributed by atoms with Gasteiger partial charge in [0.2, 0.25) is 0 Å². The summed E-state index contributed by atoms with van der Waals surface area (Å²) in [7, 11) is 0. The number of alkyl halides is 4. The molecular formula is C8H15F4N. The van der Waals surface area contributed by atoms with Crippen molar-refractivity contribution in [3.8, 4) is 0 Å². The highest BCUT2D eigenvalue weighted by molar-refractivity contribution is 4.74. The largest absolute Gasteiger partial charge is 0.319 e. The SMILES string of the molecule is CC(C)(C)CNCC(F)(F)C(F)F. The molecule has 80 valence electrons. The van der Waals surface area contributed by atoms with Gasteiger partial charge in [-0.15, -0.1) is 0 Å². The monoisotopic (exact) mass is 201 g/mol. The van der Waals surface area contributed by atoms with Crippen molar-refractivity contribution >= 4 is 0 Å². The van der Waals surface area contributed by atoms with Crippen molar-refractivity contribution in [3.63, 3.8) is 0 Å². The van der Waals surface area contributed by atoms with Gasteiger partial charge >= 0.3 is 12.3 Å². The van der Waals surface area contributed by atoms with E-state index >= 15 is 0 Å². The van der Waals surface area contributed by atoms with Crippen LogP contribution < -0.4 is 5.32 Å². The van der Waals surface area contributed by atoms with Crippen LogP contribution in [-0.4, -0.2) is 25.4 Å². The summed E-state index contributed by atoms with van der Waals surface area (Å²) in [5.41, 5.74) is -0.182. The second kappa shape index (κ2) is 4.26. The molecule has 0 spiro atoms. The first-order chi connectivity index (χ1) is 5.65. The maximum atomic E-state index is 12.3. The summed E-state index contributed by atoms with van der Waals surface area (Å²) in [6, 6.07) is 0. The quantitative estimate of drug-likeness (QED) is 0.689. The molecule has 0 saturated heterocycles. The normalized spacial score (nSPS) is 13.8. The Morgan fingerprint density at radius 3 is 1.85 bits per heavy atom. The molecule has 0 bridgehead atoms. The van der Waals surface area contributed by atoms with Gasteiger partial charge in [0.25, 0.3) is 0 Å². The van der Waals surface area contributed by atoms with E-state index in [1.165, 1.54) is 0 Å². The van der Waals surface area contributed by atoms with Crippen LogP contribution in [0, 0.1) is 5.41 Å². The predicted octanol–water partition coefficient (Wildman–Crippen LogP) is 2.52. The van der Waals surface area contributed by atoms with Crippen molar-refractivity contribution in [1.82, 2.24) is 5.32 Å². The predicted molar refractivity (Wildman–Crippen MR) is 43.3 cm³/mol. The van der Waals surface area contributed by atoms with E-state index in [-0.39, 0.29) is 12.0 Å². The molecular weight excluding hydrogens is 186 g/mol. The maximum Gasteiger partial charge on any atom is 0.319 e. The third-order valence-corrected chi connectivity index (χ3v) is 1.34. The van der Waals surface area contributed by atoms with Crippen LogP contribution in [0.15, 0.2) is 0 Å². The Hall–Kier alpha value is -0.320. The van der Waals surface area contributed by atoms with Crippen molar-refractivity contribution in [2.75, 3.05) is 13.1 Å². The van der Waals surface area contributed by atoms with E-state index < -0.39 is 18.9 Å². The van der Waals surface area contributed by atoms with Crippen molar-refractivity contribution in [1.29, 1.82) is 0 Å². The molecule has 0 rings (SSSR count). The molecule has 0 saturated carbocycles. The molecule has 0 aromatic heterocycles. The van der Waals surface area contributed by atoms with Gasteiger partial charge in [-0.1, -0.05) is 20.8 Å². The Kier molecular flexibility index (Phi) is 4.16. The van der Waals surface area contributed by atoms with Gasteiger partial charge in [-0.05, 0) is 5.41 Å². The molecule has 0 amide bonds. The molecule has 0 unspecified atom stereocenters. The molecule has 0 aliphatic heterocycles. The Balaban J connectivity index is 3.77. The van der Waals surface area contributed by atoms with Gasteiger partial charge in [0.05, 0.1) is 6.54 Å². The van der Waals surface area contributed by atoms with Crippen LogP contribution in [0.4, 0.5) is 17.6 Å². The average molecular weight is 201 g/mol. The van der Waals surface area contributed by atoms with Crippen molar-refractivity contribution < 1.29 is 17.6 Å². The zero-order valence-electron chi connectivity index (χ0n) is 8.00. The summed E-state index contributed by atoms with van der Waals surface area (Å²) >= 11 is 0. The first-order valence-corrected chi connectivity index (χ1v) is 4.02. The van der Waals surface area contributed by atoms with Crippen LogP contribution in [0.1, 0.15) is 20.8 Å². The standard InChI is InChI=1S/C8H15F4N/c1-7(2,3)4-13-5-8(11,12)6(9)10/h6,13H,4-5H2,1-3H3. The molecule has 1 nitrogen and oxygen atoms in total. The molecule has 0 heterocycles. The van der Waals surface area contributed by atoms with E-state index in [1.807, 2.05) is 20.8 Å². The Morgan fingerprint density at radius 2 is 1.54 bits per heavy atom. The summed E-state index contributed by atoms with van der Waals surface area (Å²) < 4.78 is 47.9. The number of halogens is 4. The first kappa shape index (κ1) is 12.7. The van der Waals surface area contributed by atoms with Gasteiger partial charge in [-0.2, -0.15) is 8.78 Å². The average Bonchev–Trinajstić information content (AvgIpc) is 1.82. The number of rotatable bonds is 4. The molecule has 0 atom stereocenters. The van der Waals surface area contributed by atoms with Crippen LogP contribution in [0.25, 0.3) is 0 Å². The molecule has 0 aliphatic rings. The third-order valence-electron chi connectivity index (χ3n) is 1.34. The molecule has 0 aliphatic carbocycles. The molecule has 5 heteroatoms. The lowest BCUT2D eigenvalue weighted by molar-refractivity contribution is -0.125. The summed E-state index contributed by atoms with van der Waals surface area (Å²) in [4.78, 5) is 0. The van der Waals surface area contributed by atoms with Crippen LogP contribution in [0.2, 0.25) is 0 Å². The minimum atomic E-state index is -3.93. The highest BCUT2D eigenvalue weighted by Crippen LogP contribution is 2.22. The van der Waals surface area contributed by atoms with E-state index in [0.29, 0.717) is 0 Å².